The Hall–Kier alpha value is -4.52. The summed E-state index contributed by atoms with van der Waals surface area (Å²) in [6, 6.07) is 10.0. The SMILES string of the molecule is O=C1CCc2cc(-c3nc(F)c(C4C5CC5C5=NC(c6cc(Cl)ccc6-n6cc(C(F)(F)F)nn6)=CCN54)[nH]3)ccc2N1. The van der Waals surface area contributed by atoms with E-state index in [4.69, 9.17) is 16.6 Å². The first-order valence-corrected chi connectivity index (χ1v) is 14.1. The first kappa shape index (κ1) is 26.1. The molecule has 3 atom stereocenters. The number of alkyl halides is 3. The zero-order valence-electron chi connectivity index (χ0n) is 22.2. The van der Waals surface area contributed by atoms with E-state index in [9.17, 15) is 18.0 Å². The Morgan fingerprint density at radius 1 is 1.09 bits per heavy atom. The zero-order valence-corrected chi connectivity index (χ0v) is 22.9. The number of aromatic amines is 1. The van der Waals surface area contributed by atoms with Crippen LogP contribution < -0.4 is 5.32 Å². The van der Waals surface area contributed by atoms with Crippen LogP contribution in [0.1, 0.15) is 41.4 Å². The van der Waals surface area contributed by atoms with Crippen molar-refractivity contribution in [3.63, 3.8) is 0 Å². The molecule has 2 aromatic heterocycles. The molecule has 3 aliphatic heterocycles. The number of halogens is 5. The number of amidine groups is 1. The summed E-state index contributed by atoms with van der Waals surface area (Å²) < 4.78 is 56.0. The summed E-state index contributed by atoms with van der Waals surface area (Å²) in [5, 5.41) is 10.2. The second-order valence-corrected chi connectivity index (χ2v) is 11.5. The molecule has 3 unspecified atom stereocenters. The van der Waals surface area contributed by atoms with Gasteiger partial charge in [-0.25, -0.2) is 14.7 Å². The number of rotatable bonds is 4. The highest BCUT2D eigenvalue weighted by atomic mass is 35.5. The molecule has 2 N–H and O–H groups in total. The van der Waals surface area contributed by atoms with Gasteiger partial charge in [0.05, 0.1) is 29.3 Å². The number of carbonyl (C=O) groups is 1. The molecular formula is C29H21ClF4N8O. The summed E-state index contributed by atoms with van der Waals surface area (Å²) in [5.74, 6) is 0.889. The Labute approximate surface area is 246 Å². The van der Waals surface area contributed by atoms with E-state index in [1.54, 1.807) is 24.3 Å². The lowest BCUT2D eigenvalue weighted by Crippen LogP contribution is -2.34. The number of nitrogens with zero attached hydrogens (tertiary/aromatic N) is 6. The molecule has 14 heteroatoms. The lowest BCUT2D eigenvalue weighted by Gasteiger charge is -2.31. The molecule has 43 heavy (non-hydrogen) atoms. The average Bonchev–Trinajstić information content (AvgIpc) is 3.28. The van der Waals surface area contributed by atoms with Crippen molar-refractivity contribution < 1.29 is 22.4 Å². The number of H-pyrrole nitrogens is 1. The van der Waals surface area contributed by atoms with E-state index in [1.165, 1.54) is 0 Å². The molecule has 8 rings (SSSR count). The van der Waals surface area contributed by atoms with Gasteiger partial charge in [-0.05, 0) is 66.8 Å². The van der Waals surface area contributed by atoms with Crippen LogP contribution >= 0.6 is 11.6 Å². The van der Waals surface area contributed by atoms with Crippen LogP contribution in [0.4, 0.5) is 23.2 Å². The topological polar surface area (TPSA) is 104 Å². The van der Waals surface area contributed by atoms with Crippen molar-refractivity contribution in [2.45, 2.75) is 31.5 Å². The van der Waals surface area contributed by atoms with Crippen LogP contribution in [-0.2, 0) is 17.4 Å². The highest BCUT2D eigenvalue weighted by molar-refractivity contribution is 6.30. The minimum atomic E-state index is -4.63. The minimum absolute atomic E-state index is 0.0245. The fourth-order valence-electron chi connectivity index (χ4n) is 6.35. The van der Waals surface area contributed by atoms with Gasteiger partial charge >= 0.3 is 6.18 Å². The summed E-state index contributed by atoms with van der Waals surface area (Å²) in [4.78, 5) is 26.1. The van der Waals surface area contributed by atoms with Gasteiger partial charge in [0.1, 0.15) is 11.7 Å². The minimum Gasteiger partial charge on any atom is -0.347 e. The van der Waals surface area contributed by atoms with E-state index in [0.29, 0.717) is 52.9 Å². The van der Waals surface area contributed by atoms with Crippen molar-refractivity contribution in [1.29, 1.82) is 0 Å². The molecule has 5 heterocycles. The molecule has 4 aromatic rings. The monoisotopic (exact) mass is 608 g/mol. The number of hydrogen-bond donors (Lipinski definition) is 2. The van der Waals surface area contributed by atoms with Crippen LogP contribution in [0.15, 0.2) is 53.7 Å². The first-order valence-electron chi connectivity index (χ1n) is 13.7. The van der Waals surface area contributed by atoms with Crippen molar-refractivity contribution in [3.05, 3.63) is 82.2 Å². The third kappa shape index (κ3) is 4.32. The van der Waals surface area contributed by atoms with Gasteiger partial charge in [-0.1, -0.05) is 16.8 Å². The van der Waals surface area contributed by atoms with Gasteiger partial charge in [-0.3, -0.25) is 4.79 Å². The molecule has 4 aliphatic rings. The molecule has 0 radical (unpaired) electrons. The lowest BCUT2D eigenvalue weighted by molar-refractivity contribution is -0.141. The first-order chi connectivity index (χ1) is 20.6. The van der Waals surface area contributed by atoms with Gasteiger partial charge in [0, 0.05) is 40.7 Å². The number of carbonyl (C=O) groups excluding carboxylic acids is 1. The van der Waals surface area contributed by atoms with Crippen molar-refractivity contribution in [3.8, 4) is 17.1 Å². The van der Waals surface area contributed by atoms with Gasteiger partial charge in [0.2, 0.25) is 11.9 Å². The van der Waals surface area contributed by atoms with Crippen molar-refractivity contribution in [2.24, 2.45) is 16.8 Å². The lowest BCUT2D eigenvalue weighted by atomic mass is 10.0. The van der Waals surface area contributed by atoms with Gasteiger partial charge < -0.3 is 15.2 Å². The van der Waals surface area contributed by atoms with E-state index in [-0.39, 0.29) is 23.8 Å². The third-order valence-corrected chi connectivity index (χ3v) is 8.68. The molecule has 9 nitrogen and oxygen atoms in total. The molecule has 0 bridgehead atoms. The van der Waals surface area contributed by atoms with Crippen LogP contribution in [0.3, 0.4) is 0 Å². The Morgan fingerprint density at radius 3 is 2.77 bits per heavy atom. The normalized spacial score (nSPS) is 22.4. The Balaban J connectivity index is 1.10. The van der Waals surface area contributed by atoms with E-state index >= 15 is 4.39 Å². The highest BCUT2D eigenvalue weighted by Crippen LogP contribution is 2.59. The number of fused-ring (bicyclic) bond motifs is 4. The quantitative estimate of drug-likeness (QED) is 0.285. The molecule has 1 amide bonds. The molecule has 218 valence electrons. The maximum Gasteiger partial charge on any atom is 0.436 e. The fourth-order valence-corrected chi connectivity index (χ4v) is 6.52. The number of amides is 1. The van der Waals surface area contributed by atoms with Gasteiger partial charge in [0.15, 0.2) is 5.69 Å². The second kappa shape index (κ2) is 9.24. The maximum absolute atomic E-state index is 15.4. The maximum atomic E-state index is 15.4. The molecule has 1 saturated carbocycles. The molecule has 2 fully saturated rings. The number of benzene rings is 2. The van der Waals surface area contributed by atoms with Crippen molar-refractivity contribution in [2.75, 3.05) is 11.9 Å². The summed E-state index contributed by atoms with van der Waals surface area (Å²) in [5.41, 5.74) is 3.16. The summed E-state index contributed by atoms with van der Waals surface area (Å²) >= 11 is 6.29. The zero-order chi connectivity index (χ0) is 29.6. The number of nitrogens with one attached hydrogen (secondary N) is 2. The number of hydrogen-bond acceptors (Lipinski definition) is 6. The van der Waals surface area contributed by atoms with Crippen LogP contribution in [0, 0.1) is 17.8 Å². The van der Waals surface area contributed by atoms with E-state index < -0.39 is 17.8 Å². The van der Waals surface area contributed by atoms with Gasteiger partial charge in [0.25, 0.3) is 0 Å². The molecule has 1 aliphatic carbocycles. The van der Waals surface area contributed by atoms with Gasteiger partial charge in [-0.15, -0.1) is 5.10 Å². The molecule has 2 aromatic carbocycles. The average molecular weight is 609 g/mol. The number of imidazole rings is 1. The summed E-state index contributed by atoms with van der Waals surface area (Å²) in [7, 11) is 0. The molecule has 0 spiro atoms. The second-order valence-electron chi connectivity index (χ2n) is 11.1. The predicted molar refractivity (Wildman–Crippen MR) is 149 cm³/mol. The molecule has 1 saturated heterocycles. The number of piperidine rings is 1. The van der Waals surface area contributed by atoms with Crippen LogP contribution in [0.2, 0.25) is 5.02 Å². The standard InChI is InChI=1S/C29H21ClF4N8O/c30-15-3-5-21(42-12-22(39-40-42)29(32,33)34)18(10-15)20-7-8-41-25(16-11-17(16)28(41)36-20)24-26(31)38-27(37-24)14-1-4-19-13(9-14)2-6-23(43)35-19/h1,3-5,7,9-10,12,16-17,25H,2,6,8,11H2,(H,35,43)(H,37,38). The van der Waals surface area contributed by atoms with Crippen LogP contribution in [0.25, 0.3) is 22.8 Å². The Morgan fingerprint density at radius 2 is 1.95 bits per heavy atom. The van der Waals surface area contributed by atoms with Crippen LogP contribution in [-0.4, -0.2) is 48.1 Å². The van der Waals surface area contributed by atoms with E-state index in [2.05, 4.69) is 25.6 Å². The summed E-state index contributed by atoms with van der Waals surface area (Å²) in [6.07, 6.45) is -0.111. The largest absolute Gasteiger partial charge is 0.436 e. The summed E-state index contributed by atoms with van der Waals surface area (Å²) in [6.45, 7) is 0.412. The Bertz CT molecular complexity index is 1890. The highest BCUT2D eigenvalue weighted by Gasteiger charge is 2.59. The Kier molecular flexibility index (Phi) is 5.61. The number of anilines is 1. The fraction of sp³-hybridized carbons (Fsp3) is 0.276. The number of aryl methyl sites for hydroxylation is 1. The van der Waals surface area contributed by atoms with Crippen molar-refractivity contribution >= 4 is 34.7 Å². The van der Waals surface area contributed by atoms with E-state index in [1.807, 2.05) is 23.1 Å². The van der Waals surface area contributed by atoms with Crippen LogP contribution in [0.5, 0.6) is 0 Å². The van der Waals surface area contributed by atoms with Gasteiger partial charge in [-0.2, -0.15) is 17.6 Å². The number of aliphatic imine (C=N–C) groups is 1. The smallest absolute Gasteiger partial charge is 0.347 e. The number of aromatic nitrogens is 5. The predicted octanol–water partition coefficient (Wildman–Crippen LogP) is 5.80. The van der Waals surface area contributed by atoms with Crippen molar-refractivity contribution in [1.82, 2.24) is 29.9 Å². The molecular weight excluding hydrogens is 588 g/mol. The van der Waals surface area contributed by atoms with E-state index in [0.717, 1.165) is 39.9 Å². The third-order valence-electron chi connectivity index (χ3n) is 8.44.